The molecule has 0 aliphatic rings. The molecule has 0 unspecified atom stereocenters. The summed E-state index contributed by atoms with van der Waals surface area (Å²) in [5.74, 6) is -0.708. The molecule has 0 saturated carbocycles. The zero-order chi connectivity index (χ0) is 16.9. The van der Waals surface area contributed by atoms with Crippen LogP contribution in [0.25, 0.3) is 6.08 Å². The Hall–Kier alpha value is -2.76. The highest BCUT2D eigenvalue weighted by atomic mass is 19.4. The minimum Gasteiger partial charge on any atom is -0.507 e. The normalized spacial score (nSPS) is 11.6. The summed E-state index contributed by atoms with van der Waals surface area (Å²) < 4.78 is 42.6. The molecular weight excluding hydrogens is 309 g/mol. The number of hydrogen-bond donors (Lipinski definition) is 1. The highest BCUT2D eigenvalue weighted by molar-refractivity contribution is 5.87. The molecule has 0 heterocycles. The molecule has 0 aliphatic carbocycles. The predicted molar refractivity (Wildman–Crippen MR) is 78.4 cm³/mol. The molecule has 0 aliphatic heterocycles. The van der Waals surface area contributed by atoms with E-state index in [9.17, 15) is 23.1 Å². The van der Waals surface area contributed by atoms with Gasteiger partial charge in [0, 0.05) is 11.6 Å². The number of halogens is 3. The number of ether oxygens (including phenoxy) is 1. The quantitative estimate of drug-likeness (QED) is 0.679. The van der Waals surface area contributed by atoms with E-state index in [-0.39, 0.29) is 17.9 Å². The van der Waals surface area contributed by atoms with E-state index >= 15 is 0 Å². The number of carbonyl (C=O) groups excluding carboxylic acids is 1. The van der Waals surface area contributed by atoms with E-state index in [0.29, 0.717) is 5.56 Å². The molecule has 3 nitrogen and oxygen atoms in total. The summed E-state index contributed by atoms with van der Waals surface area (Å²) in [5, 5.41) is 9.53. The standard InChI is InChI=1S/C17H13F3O3/c18-17(19,20)14-6-3-4-12(10-14)11-23-16(22)9-8-13-5-1-2-7-15(13)21/h1-10,21H,11H2/b9-8+. The molecule has 120 valence electrons. The maximum absolute atomic E-state index is 12.6. The van der Waals surface area contributed by atoms with Crippen LogP contribution in [0, 0.1) is 0 Å². The van der Waals surface area contributed by atoms with Crippen LogP contribution in [0.3, 0.4) is 0 Å². The zero-order valence-electron chi connectivity index (χ0n) is 11.9. The van der Waals surface area contributed by atoms with Gasteiger partial charge in [-0.3, -0.25) is 0 Å². The van der Waals surface area contributed by atoms with Crippen molar-refractivity contribution in [1.82, 2.24) is 0 Å². The van der Waals surface area contributed by atoms with E-state index < -0.39 is 17.7 Å². The van der Waals surface area contributed by atoms with Crippen molar-refractivity contribution in [3.05, 3.63) is 71.3 Å². The van der Waals surface area contributed by atoms with Gasteiger partial charge in [0.05, 0.1) is 5.56 Å². The van der Waals surface area contributed by atoms with Gasteiger partial charge in [-0.05, 0) is 29.8 Å². The summed E-state index contributed by atoms with van der Waals surface area (Å²) in [7, 11) is 0. The van der Waals surface area contributed by atoms with Gasteiger partial charge in [0.15, 0.2) is 0 Å². The Bertz CT molecular complexity index is 721. The lowest BCUT2D eigenvalue weighted by atomic mass is 10.1. The maximum atomic E-state index is 12.6. The third-order valence-electron chi connectivity index (χ3n) is 2.97. The summed E-state index contributed by atoms with van der Waals surface area (Å²) >= 11 is 0. The summed E-state index contributed by atoms with van der Waals surface area (Å²) in [6.07, 6.45) is -1.97. The van der Waals surface area contributed by atoms with E-state index in [1.807, 2.05) is 0 Å². The fourth-order valence-electron chi connectivity index (χ4n) is 1.83. The largest absolute Gasteiger partial charge is 0.507 e. The third kappa shape index (κ3) is 4.88. The molecule has 0 spiro atoms. The van der Waals surface area contributed by atoms with Gasteiger partial charge in [0.2, 0.25) is 0 Å². The number of carbonyl (C=O) groups is 1. The lowest BCUT2D eigenvalue weighted by Gasteiger charge is -2.08. The average Bonchev–Trinajstić information content (AvgIpc) is 2.51. The summed E-state index contributed by atoms with van der Waals surface area (Å²) in [5.41, 5.74) is -0.122. The summed E-state index contributed by atoms with van der Waals surface area (Å²) in [4.78, 5) is 11.6. The molecule has 1 N–H and O–H groups in total. The van der Waals surface area contributed by atoms with Crippen molar-refractivity contribution in [3.63, 3.8) is 0 Å². The van der Waals surface area contributed by atoms with E-state index in [0.717, 1.165) is 18.2 Å². The SMILES string of the molecule is O=C(/C=C/c1ccccc1O)OCc1cccc(C(F)(F)F)c1. The number of esters is 1. The van der Waals surface area contributed by atoms with Crippen LogP contribution < -0.4 is 0 Å². The van der Waals surface area contributed by atoms with Crippen molar-refractivity contribution >= 4 is 12.0 Å². The lowest BCUT2D eigenvalue weighted by molar-refractivity contribution is -0.138. The molecule has 0 fully saturated rings. The Kier molecular flexibility index (Phi) is 5.05. The van der Waals surface area contributed by atoms with Crippen molar-refractivity contribution in [2.75, 3.05) is 0 Å². The van der Waals surface area contributed by atoms with Gasteiger partial charge in [-0.25, -0.2) is 4.79 Å². The van der Waals surface area contributed by atoms with Crippen LogP contribution in [0.1, 0.15) is 16.7 Å². The number of aromatic hydroxyl groups is 1. The van der Waals surface area contributed by atoms with E-state index in [4.69, 9.17) is 4.74 Å². The molecule has 0 bridgehead atoms. The van der Waals surface area contributed by atoms with Crippen molar-refractivity contribution in [1.29, 1.82) is 0 Å². The van der Waals surface area contributed by atoms with Crippen LogP contribution >= 0.6 is 0 Å². The number of alkyl halides is 3. The molecule has 6 heteroatoms. The number of phenolic OH excluding ortho intramolecular Hbond substituents is 1. The van der Waals surface area contributed by atoms with E-state index in [2.05, 4.69) is 0 Å². The van der Waals surface area contributed by atoms with E-state index in [1.54, 1.807) is 18.2 Å². The smallest absolute Gasteiger partial charge is 0.416 e. The average molecular weight is 322 g/mol. The van der Waals surface area contributed by atoms with Crippen molar-refractivity contribution < 1.29 is 27.8 Å². The van der Waals surface area contributed by atoms with Crippen LogP contribution in [0.15, 0.2) is 54.6 Å². The first-order valence-corrected chi connectivity index (χ1v) is 6.65. The molecule has 2 rings (SSSR count). The Morgan fingerprint density at radius 3 is 2.57 bits per heavy atom. The number of hydrogen-bond acceptors (Lipinski definition) is 3. The highest BCUT2D eigenvalue weighted by Gasteiger charge is 2.30. The molecule has 2 aromatic carbocycles. The molecule has 23 heavy (non-hydrogen) atoms. The number of rotatable bonds is 4. The van der Waals surface area contributed by atoms with Gasteiger partial charge >= 0.3 is 12.1 Å². The Morgan fingerprint density at radius 2 is 1.87 bits per heavy atom. The fraction of sp³-hybridized carbons (Fsp3) is 0.118. The second kappa shape index (κ2) is 7.00. The van der Waals surface area contributed by atoms with Crippen LogP contribution in [-0.2, 0) is 22.3 Å². The minimum atomic E-state index is -4.44. The van der Waals surface area contributed by atoms with Gasteiger partial charge in [-0.15, -0.1) is 0 Å². The summed E-state index contributed by atoms with van der Waals surface area (Å²) in [6, 6.07) is 11.0. The van der Waals surface area contributed by atoms with Crippen LogP contribution in [-0.4, -0.2) is 11.1 Å². The van der Waals surface area contributed by atoms with Crippen molar-refractivity contribution in [3.8, 4) is 5.75 Å². The van der Waals surface area contributed by atoms with Gasteiger partial charge in [0.1, 0.15) is 12.4 Å². The molecule has 0 radical (unpaired) electrons. The Labute approximate surface area is 130 Å². The first-order chi connectivity index (χ1) is 10.9. The van der Waals surface area contributed by atoms with Gasteiger partial charge in [-0.1, -0.05) is 30.3 Å². The highest BCUT2D eigenvalue weighted by Crippen LogP contribution is 2.29. The monoisotopic (exact) mass is 322 g/mol. The number of phenols is 1. The van der Waals surface area contributed by atoms with Gasteiger partial charge < -0.3 is 9.84 Å². The van der Waals surface area contributed by atoms with E-state index in [1.165, 1.54) is 24.3 Å². The second-order valence-corrected chi connectivity index (χ2v) is 4.70. The second-order valence-electron chi connectivity index (χ2n) is 4.70. The molecule has 0 atom stereocenters. The molecule has 2 aromatic rings. The zero-order valence-corrected chi connectivity index (χ0v) is 11.9. The molecule has 0 aromatic heterocycles. The Morgan fingerprint density at radius 1 is 1.13 bits per heavy atom. The number of benzene rings is 2. The predicted octanol–water partition coefficient (Wildman–Crippen LogP) is 4.17. The van der Waals surface area contributed by atoms with Crippen LogP contribution in [0.2, 0.25) is 0 Å². The van der Waals surface area contributed by atoms with Gasteiger partial charge in [0.25, 0.3) is 0 Å². The minimum absolute atomic E-state index is 0.00873. The Balaban J connectivity index is 1.96. The third-order valence-corrected chi connectivity index (χ3v) is 2.97. The number of para-hydroxylation sites is 1. The molecule has 0 saturated heterocycles. The molecule has 0 amide bonds. The first kappa shape index (κ1) is 16.6. The first-order valence-electron chi connectivity index (χ1n) is 6.65. The topological polar surface area (TPSA) is 46.5 Å². The fourth-order valence-corrected chi connectivity index (χ4v) is 1.83. The van der Waals surface area contributed by atoms with Crippen LogP contribution in [0.5, 0.6) is 5.75 Å². The van der Waals surface area contributed by atoms with Crippen molar-refractivity contribution in [2.45, 2.75) is 12.8 Å². The van der Waals surface area contributed by atoms with Gasteiger partial charge in [-0.2, -0.15) is 13.2 Å². The maximum Gasteiger partial charge on any atom is 0.416 e. The van der Waals surface area contributed by atoms with Crippen LogP contribution in [0.4, 0.5) is 13.2 Å². The van der Waals surface area contributed by atoms with Crippen molar-refractivity contribution in [2.24, 2.45) is 0 Å². The lowest BCUT2D eigenvalue weighted by Crippen LogP contribution is -2.06. The molecular formula is C17H13F3O3. The summed E-state index contributed by atoms with van der Waals surface area (Å²) in [6.45, 7) is -0.270.